The Balaban J connectivity index is 1.80. The molecular formula is C25H21F5N3O2+. The largest absolute Gasteiger partial charge is 0.496 e. The van der Waals surface area contributed by atoms with Gasteiger partial charge in [0.25, 0.3) is 5.82 Å². The van der Waals surface area contributed by atoms with Gasteiger partial charge in [-0.3, -0.25) is 5.73 Å². The Morgan fingerprint density at radius 1 is 0.971 bits per heavy atom. The predicted octanol–water partition coefficient (Wildman–Crippen LogP) is 5.17. The normalized spacial score (nSPS) is 13.1. The zero-order valence-electron chi connectivity index (χ0n) is 18.7. The summed E-state index contributed by atoms with van der Waals surface area (Å²) in [7, 11) is 1.36. The Hall–Kier alpha value is -3.87. The number of anilines is 1. The van der Waals surface area contributed by atoms with E-state index in [1.165, 1.54) is 7.11 Å². The number of H-pyrrole nitrogens is 1. The topological polar surface area (TPSA) is 82.4 Å². The highest BCUT2D eigenvalue weighted by Crippen LogP contribution is 2.37. The number of hydrogen-bond donors (Lipinski definition) is 1. The van der Waals surface area contributed by atoms with Gasteiger partial charge in [-0.05, 0) is 37.0 Å². The van der Waals surface area contributed by atoms with Gasteiger partial charge in [-0.15, -0.1) is 0 Å². The Bertz CT molecular complexity index is 1330. The Kier molecular flexibility index (Phi) is 6.78. The van der Waals surface area contributed by atoms with E-state index in [9.17, 15) is 27.2 Å². The molecule has 182 valence electrons. The second-order valence-corrected chi connectivity index (χ2v) is 8.13. The van der Waals surface area contributed by atoms with Gasteiger partial charge in [-0.2, -0.15) is 14.0 Å². The van der Waals surface area contributed by atoms with Crippen molar-refractivity contribution < 1.29 is 36.4 Å². The van der Waals surface area contributed by atoms with Crippen LogP contribution < -0.4 is 20.2 Å². The lowest BCUT2D eigenvalue weighted by atomic mass is 9.91. The number of aromatic nitrogens is 1. The molecule has 1 aromatic heterocycles. The zero-order valence-corrected chi connectivity index (χ0v) is 18.7. The number of fused-ring (bicyclic) bond motifs is 1. The maximum absolute atomic E-state index is 14.1. The Morgan fingerprint density at radius 2 is 1.63 bits per heavy atom. The van der Waals surface area contributed by atoms with Crippen molar-refractivity contribution in [1.29, 1.82) is 5.26 Å². The smallest absolute Gasteiger partial charge is 0.289 e. The van der Waals surface area contributed by atoms with Gasteiger partial charge >= 0.3 is 0 Å². The molecule has 35 heavy (non-hydrogen) atoms. The second kappa shape index (κ2) is 9.78. The average molecular weight is 490 g/mol. The maximum atomic E-state index is 14.1. The van der Waals surface area contributed by atoms with Crippen LogP contribution in [0.15, 0.2) is 18.2 Å². The van der Waals surface area contributed by atoms with Crippen LogP contribution in [0.25, 0.3) is 11.1 Å². The summed E-state index contributed by atoms with van der Waals surface area (Å²) in [5, 5.41) is 9.81. The molecule has 0 bridgehead atoms. The minimum Gasteiger partial charge on any atom is -0.496 e. The number of hydrogen-bond acceptors (Lipinski definition) is 4. The fourth-order valence-electron chi connectivity index (χ4n) is 4.35. The fourth-order valence-corrected chi connectivity index (χ4v) is 4.35. The Labute approximate surface area is 197 Å². The number of nitriles is 1. The van der Waals surface area contributed by atoms with Crippen molar-refractivity contribution in [2.45, 2.75) is 38.7 Å². The van der Waals surface area contributed by atoms with E-state index in [1.807, 2.05) is 0 Å². The highest BCUT2D eigenvalue weighted by molar-refractivity contribution is 5.78. The Morgan fingerprint density at radius 3 is 2.29 bits per heavy atom. The fraction of sp³-hybridized carbons (Fsp3) is 0.280. The molecule has 4 rings (SSSR count). The average Bonchev–Trinajstić information content (AvgIpc) is 3.10. The van der Waals surface area contributed by atoms with E-state index in [-0.39, 0.29) is 22.7 Å². The highest BCUT2D eigenvalue weighted by Gasteiger charge is 2.28. The monoisotopic (exact) mass is 490 g/mol. The lowest BCUT2D eigenvalue weighted by molar-refractivity contribution is -0.373. The van der Waals surface area contributed by atoms with E-state index in [1.54, 1.807) is 18.2 Å². The quantitative estimate of drug-likeness (QED) is 0.231. The first-order chi connectivity index (χ1) is 16.8. The summed E-state index contributed by atoms with van der Waals surface area (Å²) in [6.45, 7) is -0.562. The van der Waals surface area contributed by atoms with Crippen LogP contribution in [0.4, 0.5) is 27.8 Å². The SMILES string of the molecule is COc1ccc(-c2c(C#N)c(N)[nH+]c3c2CCCCC3)cc1COc1c(F)c(F)c(F)c(F)c1F. The van der Waals surface area contributed by atoms with Gasteiger partial charge in [-0.1, -0.05) is 12.5 Å². The van der Waals surface area contributed by atoms with E-state index < -0.39 is 41.4 Å². The van der Waals surface area contributed by atoms with Crippen molar-refractivity contribution in [3.63, 3.8) is 0 Å². The number of nitrogens with one attached hydrogen (secondary N) is 1. The van der Waals surface area contributed by atoms with Crippen LogP contribution in [-0.2, 0) is 19.4 Å². The van der Waals surface area contributed by atoms with Crippen LogP contribution in [0.5, 0.6) is 11.5 Å². The molecule has 5 nitrogen and oxygen atoms in total. The van der Waals surface area contributed by atoms with Gasteiger partial charge in [0.05, 0.1) is 7.11 Å². The van der Waals surface area contributed by atoms with Crippen molar-refractivity contribution in [1.82, 2.24) is 0 Å². The van der Waals surface area contributed by atoms with Crippen LogP contribution in [0.1, 0.15) is 41.6 Å². The standard InChI is InChI=1S/C25H20F5N3O2/c1-34-17-8-7-12(18-14-5-3-2-4-6-16(14)33-25(32)15(18)10-31)9-13(17)11-35-24-22(29)20(27)19(26)21(28)23(24)30/h7-9H,2-6,11H2,1H3,(H2,32,33)/p+1. The summed E-state index contributed by atoms with van der Waals surface area (Å²) in [5.41, 5.74) is 9.75. The van der Waals surface area contributed by atoms with Gasteiger partial charge < -0.3 is 9.47 Å². The van der Waals surface area contributed by atoms with Gasteiger partial charge in [-0.25, -0.2) is 18.2 Å². The van der Waals surface area contributed by atoms with E-state index >= 15 is 0 Å². The minimum absolute atomic E-state index is 0.221. The molecule has 1 aliphatic carbocycles. The number of methoxy groups -OCH3 is 1. The molecule has 0 unspecified atom stereocenters. The molecule has 3 aromatic rings. The lowest BCUT2D eigenvalue weighted by Crippen LogP contribution is -2.22. The third-order valence-electron chi connectivity index (χ3n) is 6.05. The summed E-state index contributed by atoms with van der Waals surface area (Å²) in [5.74, 6) is -11.5. The molecule has 0 fully saturated rings. The summed E-state index contributed by atoms with van der Waals surface area (Å²) in [4.78, 5) is 3.13. The van der Waals surface area contributed by atoms with E-state index in [2.05, 4.69) is 11.1 Å². The van der Waals surface area contributed by atoms with Crippen LogP contribution in [0.2, 0.25) is 0 Å². The molecule has 1 aliphatic rings. The number of ether oxygens (including phenoxy) is 2. The van der Waals surface area contributed by atoms with Crippen molar-refractivity contribution in [2.75, 3.05) is 12.8 Å². The molecule has 0 amide bonds. The number of nitrogens with zero attached hydrogens (tertiary/aromatic N) is 1. The van der Waals surface area contributed by atoms with E-state index in [0.717, 1.165) is 43.4 Å². The summed E-state index contributed by atoms with van der Waals surface area (Å²) >= 11 is 0. The lowest BCUT2D eigenvalue weighted by Gasteiger charge is -2.16. The van der Waals surface area contributed by atoms with Gasteiger partial charge in [0, 0.05) is 23.1 Å². The van der Waals surface area contributed by atoms with Crippen LogP contribution >= 0.6 is 0 Å². The molecule has 10 heteroatoms. The van der Waals surface area contributed by atoms with E-state index in [0.29, 0.717) is 11.1 Å². The number of aromatic amines is 1. The number of halogens is 5. The predicted molar refractivity (Wildman–Crippen MR) is 116 cm³/mol. The molecular weight excluding hydrogens is 469 g/mol. The highest BCUT2D eigenvalue weighted by atomic mass is 19.2. The number of aryl methyl sites for hydroxylation is 1. The first kappa shape index (κ1) is 24.3. The first-order valence-corrected chi connectivity index (χ1v) is 10.9. The molecule has 0 aliphatic heterocycles. The van der Waals surface area contributed by atoms with Crippen molar-refractivity contribution in [3.05, 3.63) is 69.7 Å². The van der Waals surface area contributed by atoms with E-state index in [4.69, 9.17) is 15.2 Å². The summed E-state index contributed by atoms with van der Waals surface area (Å²) in [6, 6.07) is 7.01. The molecule has 0 spiro atoms. The van der Waals surface area contributed by atoms with Gasteiger partial charge in [0.15, 0.2) is 5.75 Å². The van der Waals surface area contributed by atoms with Crippen LogP contribution in [0.3, 0.4) is 0 Å². The molecule has 1 heterocycles. The molecule has 3 N–H and O–H groups in total. The van der Waals surface area contributed by atoms with Crippen molar-refractivity contribution in [2.24, 2.45) is 0 Å². The van der Waals surface area contributed by atoms with Crippen molar-refractivity contribution in [3.8, 4) is 28.7 Å². The number of rotatable bonds is 5. The molecule has 0 atom stereocenters. The first-order valence-electron chi connectivity index (χ1n) is 10.9. The third-order valence-corrected chi connectivity index (χ3v) is 6.05. The second-order valence-electron chi connectivity index (χ2n) is 8.13. The summed E-state index contributed by atoms with van der Waals surface area (Å²) in [6.07, 6.45) is 4.41. The number of nitrogens with two attached hydrogens (primary N) is 1. The number of benzene rings is 2. The molecule has 0 saturated carbocycles. The molecule has 0 radical (unpaired) electrons. The molecule has 0 saturated heterocycles. The van der Waals surface area contributed by atoms with Crippen molar-refractivity contribution >= 4 is 5.82 Å². The maximum Gasteiger partial charge on any atom is 0.289 e. The van der Waals surface area contributed by atoms with Crippen LogP contribution in [0, 0.1) is 40.4 Å². The van der Waals surface area contributed by atoms with Gasteiger partial charge in [0.2, 0.25) is 29.1 Å². The number of pyridine rings is 1. The third kappa shape index (κ3) is 4.34. The number of nitrogen functional groups attached to an aromatic ring is 1. The summed E-state index contributed by atoms with van der Waals surface area (Å²) < 4.78 is 79.0. The zero-order chi connectivity index (χ0) is 25.3. The molecule has 2 aromatic carbocycles. The van der Waals surface area contributed by atoms with Crippen LogP contribution in [-0.4, -0.2) is 7.11 Å². The van der Waals surface area contributed by atoms with Gasteiger partial charge in [0.1, 0.15) is 29.7 Å². The minimum atomic E-state index is -2.27.